The number of nitrogens with zero attached hydrogens (tertiary/aromatic N) is 2. The van der Waals surface area contributed by atoms with E-state index in [4.69, 9.17) is 9.47 Å². The Labute approximate surface area is 286 Å². The van der Waals surface area contributed by atoms with Crippen LogP contribution < -0.4 is 19.9 Å². The highest BCUT2D eigenvalue weighted by molar-refractivity contribution is 6.15. The first-order valence-electron chi connectivity index (χ1n) is 16.4. The van der Waals surface area contributed by atoms with Crippen LogP contribution in [0.2, 0.25) is 0 Å². The van der Waals surface area contributed by atoms with Crippen molar-refractivity contribution in [1.82, 2.24) is 0 Å². The van der Waals surface area contributed by atoms with Gasteiger partial charge in [0.2, 0.25) is 0 Å². The standard InChI is InChI=1S/C40H32N2O8/c1-39(2)17-27(43)37-31(19-39)49-29-15-13-26-25(35(29)33(37)21-5-9-23(10-6-21)41(45)46)14-16-30-36(26)34(22-7-11-24(12-8-22)42(47)48)38-28(44)18-40(3,4)20-32(38)50-30/h5-16H,17-20H2,1-4H3. The van der Waals surface area contributed by atoms with Gasteiger partial charge in [0.25, 0.3) is 11.4 Å². The number of Topliss-reactive ketones (excluding diaryl/α,β-unsaturated/α-hetero) is 2. The molecule has 4 aromatic rings. The molecule has 0 N–H and O–H groups in total. The maximum Gasteiger partial charge on any atom is 0.269 e. The zero-order valence-corrected chi connectivity index (χ0v) is 27.9. The lowest BCUT2D eigenvalue weighted by atomic mass is 9.72. The van der Waals surface area contributed by atoms with Gasteiger partial charge in [-0.1, -0.05) is 27.7 Å². The molecule has 4 aromatic carbocycles. The Morgan fingerprint density at radius 1 is 0.520 bits per heavy atom. The van der Waals surface area contributed by atoms with Crippen molar-refractivity contribution >= 4 is 44.9 Å². The quantitative estimate of drug-likeness (QED) is 0.165. The predicted molar refractivity (Wildman–Crippen MR) is 186 cm³/mol. The van der Waals surface area contributed by atoms with Crippen molar-refractivity contribution in [1.29, 1.82) is 0 Å². The van der Waals surface area contributed by atoms with Crippen LogP contribution in [0.25, 0.3) is 21.9 Å². The smallest absolute Gasteiger partial charge is 0.269 e. The molecular formula is C40H32N2O8. The summed E-state index contributed by atoms with van der Waals surface area (Å²) in [6.07, 6.45) is 1.69. The summed E-state index contributed by atoms with van der Waals surface area (Å²) < 4.78 is 13.1. The Kier molecular flexibility index (Phi) is 6.78. The molecule has 0 atom stereocenters. The van der Waals surface area contributed by atoms with E-state index in [1.54, 1.807) is 24.3 Å². The van der Waals surface area contributed by atoms with Crippen LogP contribution in [0.15, 0.2) is 95.5 Å². The topological polar surface area (TPSA) is 139 Å². The molecule has 2 aliphatic heterocycles. The molecule has 0 saturated heterocycles. The molecule has 4 aliphatic rings. The molecular weight excluding hydrogens is 636 g/mol. The Morgan fingerprint density at radius 3 is 1.22 bits per heavy atom. The molecule has 8 rings (SSSR count). The van der Waals surface area contributed by atoms with E-state index in [1.807, 2.05) is 52.0 Å². The highest BCUT2D eigenvalue weighted by atomic mass is 16.6. The van der Waals surface area contributed by atoms with Crippen molar-refractivity contribution in [3.63, 3.8) is 0 Å². The minimum absolute atomic E-state index is 0.0668. The Hall–Kier alpha value is -5.90. The summed E-state index contributed by atoms with van der Waals surface area (Å²) >= 11 is 0. The SMILES string of the molecule is CC1(C)CC(=O)C2=C(C1)Oc1ccc3c4c(ccc3c1=C2c1ccc([N+](=O)[O-])cc1)OC1=C(C(=O)CC(C)(C)C1)C=4c1ccc([N+](=O)[O-])cc1. The van der Waals surface area contributed by atoms with Gasteiger partial charge < -0.3 is 9.47 Å². The molecule has 0 aromatic heterocycles. The van der Waals surface area contributed by atoms with Gasteiger partial charge in [0, 0.05) is 71.5 Å². The normalized spacial score (nSPS) is 18.9. The van der Waals surface area contributed by atoms with Crippen LogP contribution in [0.5, 0.6) is 11.5 Å². The number of carbonyl (C=O) groups is 2. The van der Waals surface area contributed by atoms with Crippen LogP contribution in [-0.2, 0) is 9.59 Å². The van der Waals surface area contributed by atoms with Crippen molar-refractivity contribution in [3.8, 4) is 11.5 Å². The second-order valence-electron chi connectivity index (χ2n) is 15.0. The van der Waals surface area contributed by atoms with Gasteiger partial charge in [-0.2, -0.15) is 0 Å². The summed E-state index contributed by atoms with van der Waals surface area (Å²) in [5, 5.41) is 25.9. The van der Waals surface area contributed by atoms with Crippen LogP contribution in [0.4, 0.5) is 11.4 Å². The van der Waals surface area contributed by atoms with E-state index in [0.717, 1.165) is 10.8 Å². The van der Waals surface area contributed by atoms with Gasteiger partial charge in [-0.15, -0.1) is 0 Å². The van der Waals surface area contributed by atoms with Crippen LogP contribution >= 0.6 is 0 Å². The molecule has 0 bridgehead atoms. The zero-order valence-electron chi connectivity index (χ0n) is 27.9. The van der Waals surface area contributed by atoms with Crippen LogP contribution in [0.3, 0.4) is 0 Å². The maximum atomic E-state index is 14.0. The van der Waals surface area contributed by atoms with E-state index in [2.05, 4.69) is 0 Å². The number of non-ortho nitro benzene ring substituents is 2. The van der Waals surface area contributed by atoms with Gasteiger partial charge in [0.05, 0.1) is 21.0 Å². The van der Waals surface area contributed by atoms with Crippen LogP contribution in [0.1, 0.15) is 64.5 Å². The summed E-state index contributed by atoms with van der Waals surface area (Å²) in [7, 11) is 0. The zero-order chi connectivity index (χ0) is 35.3. The largest absolute Gasteiger partial charge is 0.460 e. The molecule has 0 saturated carbocycles. The Bertz CT molecular complexity index is 2280. The summed E-state index contributed by atoms with van der Waals surface area (Å²) in [5.74, 6) is 2.07. The minimum atomic E-state index is -0.459. The van der Waals surface area contributed by atoms with Crippen molar-refractivity contribution in [2.24, 2.45) is 10.8 Å². The fraction of sp³-hybridized carbons (Fsp3) is 0.250. The molecule has 50 heavy (non-hydrogen) atoms. The molecule has 2 heterocycles. The fourth-order valence-electron chi connectivity index (χ4n) is 7.90. The number of ether oxygens (including phenoxy) is 2. The monoisotopic (exact) mass is 668 g/mol. The third-order valence-electron chi connectivity index (χ3n) is 10.00. The first-order chi connectivity index (χ1) is 23.7. The lowest BCUT2D eigenvalue weighted by Crippen LogP contribution is -2.35. The number of fused-ring (bicyclic) bond motifs is 5. The number of nitro benzene ring substituents is 2. The molecule has 0 spiro atoms. The highest BCUT2D eigenvalue weighted by Crippen LogP contribution is 2.46. The Morgan fingerprint density at radius 2 is 0.880 bits per heavy atom. The maximum absolute atomic E-state index is 14.0. The summed E-state index contributed by atoms with van der Waals surface area (Å²) in [6, 6.07) is 19.9. The average molecular weight is 669 g/mol. The number of benzene rings is 4. The van der Waals surface area contributed by atoms with Gasteiger partial charge >= 0.3 is 0 Å². The van der Waals surface area contributed by atoms with Gasteiger partial charge in [-0.3, -0.25) is 29.8 Å². The van der Waals surface area contributed by atoms with Gasteiger partial charge in [-0.05, 0) is 81.3 Å². The van der Waals surface area contributed by atoms with Gasteiger partial charge in [0.1, 0.15) is 23.0 Å². The van der Waals surface area contributed by atoms with Gasteiger partial charge in [0.15, 0.2) is 11.6 Å². The average Bonchev–Trinajstić information content (AvgIpc) is 3.05. The number of carbonyl (C=O) groups excluding carboxylic acids is 2. The molecule has 0 radical (unpaired) electrons. The number of nitro groups is 2. The number of allylic oxidation sites excluding steroid dienone is 4. The molecule has 10 nitrogen and oxygen atoms in total. The lowest BCUT2D eigenvalue weighted by molar-refractivity contribution is -0.385. The lowest BCUT2D eigenvalue weighted by Gasteiger charge is -2.36. The second kappa shape index (κ2) is 10.8. The van der Waals surface area contributed by atoms with Crippen molar-refractivity contribution in [2.45, 2.75) is 53.4 Å². The first kappa shape index (κ1) is 31.4. The third kappa shape index (κ3) is 4.93. The summed E-state index contributed by atoms with van der Waals surface area (Å²) in [4.78, 5) is 50.1. The van der Waals surface area contributed by atoms with E-state index in [0.29, 0.717) is 92.6 Å². The number of hydrogen-bond acceptors (Lipinski definition) is 8. The Balaban J connectivity index is 1.51. The van der Waals surface area contributed by atoms with Crippen molar-refractivity contribution in [3.05, 3.63) is 137 Å². The minimum Gasteiger partial charge on any atom is -0.460 e. The molecule has 250 valence electrons. The highest BCUT2D eigenvalue weighted by Gasteiger charge is 2.41. The molecule has 2 aliphatic carbocycles. The summed E-state index contributed by atoms with van der Waals surface area (Å²) in [6.45, 7) is 8.10. The third-order valence-corrected chi connectivity index (χ3v) is 10.00. The summed E-state index contributed by atoms with van der Waals surface area (Å²) in [5.41, 5.74) is 2.68. The van der Waals surface area contributed by atoms with E-state index < -0.39 is 9.85 Å². The van der Waals surface area contributed by atoms with Gasteiger partial charge in [-0.25, -0.2) is 0 Å². The molecule has 0 amide bonds. The molecule has 0 fully saturated rings. The fourth-order valence-corrected chi connectivity index (χ4v) is 7.90. The van der Waals surface area contributed by atoms with E-state index in [9.17, 15) is 29.8 Å². The molecule has 0 unspecified atom stereocenters. The number of hydrogen-bond donors (Lipinski definition) is 0. The van der Waals surface area contributed by atoms with Crippen molar-refractivity contribution in [2.75, 3.05) is 0 Å². The van der Waals surface area contributed by atoms with E-state index in [-0.39, 0.29) is 33.8 Å². The van der Waals surface area contributed by atoms with E-state index >= 15 is 0 Å². The van der Waals surface area contributed by atoms with Crippen molar-refractivity contribution < 1.29 is 28.9 Å². The predicted octanol–water partition coefficient (Wildman–Crippen LogP) is 7.13. The first-order valence-corrected chi connectivity index (χ1v) is 16.4. The van der Waals surface area contributed by atoms with E-state index in [1.165, 1.54) is 24.3 Å². The number of ketones is 2. The van der Waals surface area contributed by atoms with Crippen LogP contribution in [0, 0.1) is 31.1 Å². The van der Waals surface area contributed by atoms with Crippen LogP contribution in [-0.4, -0.2) is 21.4 Å². The number of rotatable bonds is 4. The molecule has 10 heteroatoms. The second-order valence-corrected chi connectivity index (χ2v) is 15.0.